The average Bonchev–Trinajstić information content (AvgIpc) is 2.44. The van der Waals surface area contributed by atoms with Gasteiger partial charge in [0.2, 0.25) is 5.91 Å². The van der Waals surface area contributed by atoms with E-state index in [0.29, 0.717) is 27.2 Å². The van der Waals surface area contributed by atoms with Gasteiger partial charge in [0.25, 0.3) is 0 Å². The third-order valence-corrected chi connectivity index (χ3v) is 4.67. The largest absolute Gasteiger partial charge is 0.399 e. The van der Waals surface area contributed by atoms with Gasteiger partial charge >= 0.3 is 0 Å². The number of thioether (sulfide) groups is 1. The number of halogens is 2. The highest BCUT2D eigenvalue weighted by Gasteiger charge is 2.07. The fraction of sp³-hybridized carbons (Fsp3) is 0.133. The minimum Gasteiger partial charge on any atom is -0.399 e. The van der Waals surface area contributed by atoms with E-state index >= 15 is 0 Å². The van der Waals surface area contributed by atoms with Crippen LogP contribution >= 0.6 is 35.0 Å². The molecule has 3 nitrogen and oxygen atoms in total. The van der Waals surface area contributed by atoms with E-state index in [9.17, 15) is 4.79 Å². The molecule has 0 unspecified atom stereocenters. The summed E-state index contributed by atoms with van der Waals surface area (Å²) in [6.07, 6.45) is 0. The number of carbonyl (C=O) groups excluding carboxylic acids is 1. The first-order valence-corrected chi connectivity index (χ1v) is 7.93. The van der Waals surface area contributed by atoms with E-state index in [-0.39, 0.29) is 5.91 Å². The van der Waals surface area contributed by atoms with Gasteiger partial charge in [0.05, 0.1) is 15.8 Å². The lowest BCUT2D eigenvalue weighted by atomic mass is 10.2. The second-order valence-electron chi connectivity index (χ2n) is 4.49. The predicted octanol–water partition coefficient (Wildman–Crippen LogP) is 4.61. The number of nitrogens with two attached hydrogens (primary N) is 1. The van der Waals surface area contributed by atoms with Gasteiger partial charge in [0, 0.05) is 16.3 Å². The third kappa shape index (κ3) is 4.56. The van der Waals surface area contributed by atoms with Crippen LogP contribution in [0.2, 0.25) is 10.0 Å². The summed E-state index contributed by atoms with van der Waals surface area (Å²) >= 11 is 13.2. The van der Waals surface area contributed by atoms with Crippen molar-refractivity contribution >= 4 is 52.2 Å². The zero-order valence-electron chi connectivity index (χ0n) is 11.3. The molecule has 0 aliphatic rings. The molecule has 1 amide bonds. The molecule has 0 atom stereocenters. The molecule has 0 bridgehead atoms. The van der Waals surface area contributed by atoms with E-state index in [0.717, 1.165) is 10.5 Å². The molecule has 2 rings (SSSR count). The van der Waals surface area contributed by atoms with Crippen molar-refractivity contribution in [3.05, 3.63) is 52.0 Å². The van der Waals surface area contributed by atoms with Crippen LogP contribution in [0.1, 0.15) is 5.56 Å². The number of amides is 1. The zero-order valence-corrected chi connectivity index (χ0v) is 13.6. The molecule has 2 aromatic carbocycles. The van der Waals surface area contributed by atoms with Crippen LogP contribution in [-0.2, 0) is 4.79 Å². The van der Waals surface area contributed by atoms with E-state index < -0.39 is 0 Å². The molecule has 0 aliphatic heterocycles. The van der Waals surface area contributed by atoms with Gasteiger partial charge in [-0.15, -0.1) is 11.8 Å². The summed E-state index contributed by atoms with van der Waals surface area (Å²) in [5.41, 5.74) is 8.15. The van der Waals surface area contributed by atoms with E-state index in [1.54, 1.807) is 18.2 Å². The summed E-state index contributed by atoms with van der Waals surface area (Å²) in [7, 11) is 0. The molecule has 0 fully saturated rings. The number of rotatable bonds is 4. The maximum Gasteiger partial charge on any atom is 0.234 e. The molecule has 3 N–H and O–H groups in total. The Hall–Kier alpha value is -1.36. The smallest absolute Gasteiger partial charge is 0.234 e. The average molecular weight is 341 g/mol. The van der Waals surface area contributed by atoms with Crippen molar-refractivity contribution in [2.75, 3.05) is 16.8 Å². The van der Waals surface area contributed by atoms with Crippen LogP contribution in [0.15, 0.2) is 41.3 Å². The quantitative estimate of drug-likeness (QED) is 0.630. The number of carbonyl (C=O) groups is 1. The Balaban J connectivity index is 1.95. The predicted molar refractivity (Wildman–Crippen MR) is 91.4 cm³/mol. The fourth-order valence-electron chi connectivity index (χ4n) is 1.69. The Morgan fingerprint density at radius 1 is 1.19 bits per heavy atom. The van der Waals surface area contributed by atoms with Gasteiger partial charge in [-0.25, -0.2) is 0 Å². The van der Waals surface area contributed by atoms with E-state index in [1.165, 1.54) is 11.8 Å². The Kier molecular flexibility index (Phi) is 5.39. The molecule has 0 aliphatic carbocycles. The van der Waals surface area contributed by atoms with Gasteiger partial charge < -0.3 is 11.1 Å². The van der Waals surface area contributed by atoms with Gasteiger partial charge in [-0.2, -0.15) is 0 Å². The molecule has 0 saturated carbocycles. The first kappa shape index (κ1) is 16.0. The summed E-state index contributed by atoms with van der Waals surface area (Å²) in [5.74, 6) is 0.185. The summed E-state index contributed by atoms with van der Waals surface area (Å²) in [4.78, 5) is 12.9. The Labute approximate surface area is 137 Å². The van der Waals surface area contributed by atoms with Gasteiger partial charge in [0.1, 0.15) is 0 Å². The number of hydrogen-bond acceptors (Lipinski definition) is 3. The highest BCUT2D eigenvalue weighted by molar-refractivity contribution is 8.00. The van der Waals surface area contributed by atoms with Crippen LogP contribution in [0, 0.1) is 6.92 Å². The van der Waals surface area contributed by atoms with Gasteiger partial charge in [-0.05, 0) is 42.8 Å². The maximum absolute atomic E-state index is 11.9. The van der Waals surface area contributed by atoms with Crippen molar-refractivity contribution in [3.63, 3.8) is 0 Å². The molecular weight excluding hydrogens is 327 g/mol. The number of nitrogen functional groups attached to an aromatic ring is 1. The minimum absolute atomic E-state index is 0.111. The van der Waals surface area contributed by atoms with E-state index in [4.69, 9.17) is 28.9 Å². The van der Waals surface area contributed by atoms with Crippen molar-refractivity contribution in [3.8, 4) is 0 Å². The van der Waals surface area contributed by atoms with Gasteiger partial charge in [0.15, 0.2) is 0 Å². The summed E-state index contributed by atoms with van der Waals surface area (Å²) in [6.45, 7) is 1.98. The van der Waals surface area contributed by atoms with Crippen molar-refractivity contribution in [1.82, 2.24) is 0 Å². The topological polar surface area (TPSA) is 55.1 Å². The molecule has 6 heteroatoms. The first-order chi connectivity index (χ1) is 9.95. The second-order valence-corrected chi connectivity index (χ2v) is 6.32. The number of benzene rings is 2. The van der Waals surface area contributed by atoms with Crippen molar-refractivity contribution in [2.24, 2.45) is 0 Å². The van der Waals surface area contributed by atoms with Gasteiger partial charge in [-0.3, -0.25) is 4.79 Å². The lowest BCUT2D eigenvalue weighted by Crippen LogP contribution is -2.14. The number of aryl methyl sites for hydroxylation is 1. The highest BCUT2D eigenvalue weighted by Crippen LogP contribution is 2.26. The van der Waals surface area contributed by atoms with Crippen LogP contribution in [0.25, 0.3) is 0 Å². The SMILES string of the molecule is Cc1ccc(N)cc1SCC(=O)Nc1ccc(Cl)c(Cl)c1. The Morgan fingerprint density at radius 2 is 1.95 bits per heavy atom. The van der Waals surface area contributed by atoms with Crippen LogP contribution < -0.4 is 11.1 Å². The summed E-state index contributed by atoms with van der Waals surface area (Å²) < 4.78 is 0. The van der Waals surface area contributed by atoms with Crippen LogP contribution in [0.3, 0.4) is 0 Å². The fourth-order valence-corrected chi connectivity index (χ4v) is 2.86. The van der Waals surface area contributed by atoms with Crippen LogP contribution in [0.4, 0.5) is 11.4 Å². The number of nitrogens with one attached hydrogen (secondary N) is 1. The summed E-state index contributed by atoms with van der Waals surface area (Å²) in [5, 5.41) is 3.65. The first-order valence-electron chi connectivity index (χ1n) is 6.19. The monoisotopic (exact) mass is 340 g/mol. The molecule has 0 spiro atoms. The van der Waals surface area contributed by atoms with Crippen molar-refractivity contribution in [1.29, 1.82) is 0 Å². The highest BCUT2D eigenvalue weighted by atomic mass is 35.5. The zero-order chi connectivity index (χ0) is 15.4. The Morgan fingerprint density at radius 3 is 2.67 bits per heavy atom. The standard InChI is InChI=1S/C15H14Cl2N2OS/c1-9-2-3-10(18)6-14(9)21-8-15(20)19-11-4-5-12(16)13(17)7-11/h2-7H,8,18H2,1H3,(H,19,20). The molecule has 0 radical (unpaired) electrons. The van der Waals surface area contributed by atoms with Crippen molar-refractivity contribution < 1.29 is 4.79 Å². The van der Waals surface area contributed by atoms with E-state index in [1.807, 2.05) is 25.1 Å². The molecular formula is C15H14Cl2N2OS. The summed E-state index contributed by atoms with van der Waals surface area (Å²) in [6, 6.07) is 10.6. The number of anilines is 2. The van der Waals surface area contributed by atoms with E-state index in [2.05, 4.69) is 5.32 Å². The van der Waals surface area contributed by atoms with Crippen molar-refractivity contribution in [2.45, 2.75) is 11.8 Å². The molecule has 21 heavy (non-hydrogen) atoms. The normalized spacial score (nSPS) is 10.4. The minimum atomic E-state index is -0.111. The molecule has 0 saturated heterocycles. The second kappa shape index (κ2) is 7.07. The molecule has 2 aromatic rings. The lowest BCUT2D eigenvalue weighted by molar-refractivity contribution is -0.113. The van der Waals surface area contributed by atoms with Gasteiger partial charge in [-0.1, -0.05) is 29.3 Å². The van der Waals surface area contributed by atoms with Crippen LogP contribution in [0.5, 0.6) is 0 Å². The number of hydrogen-bond donors (Lipinski definition) is 2. The molecule has 110 valence electrons. The lowest BCUT2D eigenvalue weighted by Gasteiger charge is -2.08. The molecule has 0 aromatic heterocycles. The van der Waals surface area contributed by atoms with Crippen LogP contribution in [-0.4, -0.2) is 11.7 Å². The maximum atomic E-state index is 11.9. The third-order valence-electron chi connectivity index (χ3n) is 2.77. The Bertz CT molecular complexity index is 677. The molecule has 0 heterocycles.